The summed E-state index contributed by atoms with van der Waals surface area (Å²) in [6.45, 7) is 20.2. The molecule has 0 unspecified atom stereocenters. The lowest BCUT2D eigenvalue weighted by atomic mass is 9.33. The minimum Gasteiger partial charge on any atom is -0.311 e. The lowest BCUT2D eigenvalue weighted by molar-refractivity contribution is 0.590. The summed E-state index contributed by atoms with van der Waals surface area (Å²) < 4.78 is 83.5. The summed E-state index contributed by atoms with van der Waals surface area (Å²) in [6, 6.07) is 84.8. The topological polar surface area (TPSA) is 22.4 Å². The van der Waals surface area contributed by atoms with E-state index in [1.54, 1.807) is 4.57 Å². The second-order valence-corrected chi connectivity index (χ2v) is 31.5. The maximum atomic E-state index is 9.65. The summed E-state index contributed by atoms with van der Waals surface area (Å²) in [5.74, 6) is 0. The van der Waals surface area contributed by atoms with Crippen LogP contribution in [-0.2, 0) is 16.2 Å². The number of fused-ring (bicyclic) bond motifs is 24. The van der Waals surface area contributed by atoms with Gasteiger partial charge in [0.05, 0.1) is 60.8 Å². The highest BCUT2D eigenvalue weighted by Crippen LogP contribution is 2.51. The molecule has 0 radical (unpaired) electrons. The van der Waals surface area contributed by atoms with Gasteiger partial charge in [-0.3, -0.25) is 0 Å². The Balaban J connectivity index is 0.970. The fraction of sp³-hybridized carbons (Fsp3) is 0.125. The molecule has 6 heteroatoms. The van der Waals surface area contributed by atoms with Crippen LogP contribution in [0.5, 0.6) is 0 Å². The van der Waals surface area contributed by atoms with E-state index < -0.39 is 24.2 Å². The van der Waals surface area contributed by atoms with Gasteiger partial charge in [-0.15, -0.1) is 0 Å². The normalized spacial score (nSPS) is 14.4. The third-order valence-corrected chi connectivity index (χ3v) is 22.6. The Kier molecular flexibility index (Phi) is 10.5. The molecule has 0 aliphatic carbocycles. The molecule has 5 aromatic heterocycles. The number of hydrogen-bond acceptors (Lipinski definition) is 1. The van der Waals surface area contributed by atoms with Gasteiger partial charge in [0.1, 0.15) is 0 Å². The van der Waals surface area contributed by atoms with Crippen LogP contribution in [0.3, 0.4) is 0 Å². The molecule has 0 saturated heterocycles. The van der Waals surface area contributed by atoms with Crippen LogP contribution in [0.25, 0.3) is 153 Å². The molecule has 0 spiro atoms. The van der Waals surface area contributed by atoms with E-state index in [9.17, 15) is 5.48 Å². The number of para-hydroxylation sites is 4. The minimum absolute atomic E-state index is 0.0356. The highest BCUT2D eigenvalue weighted by Gasteiger charge is 2.45. The molecule has 21 rings (SSSR count). The van der Waals surface area contributed by atoms with Gasteiger partial charge in [0.15, 0.2) is 0 Å². The standard InChI is InChI=1S/C96H74BN5/c1-94(2,3)59-40-47-83-74(50-59)75-51-60(95(4,5)6)41-48-84(75)99(83)64-44-46-78-86(55-64)100(62-42-38-58(39-43-62)57-24-11-10-12-25-57)93-89-73-34-23-33-72-68-29-16-14-27-66(68)65-26-13-15-28-67(65)69-30-17-22-37-82(69)101(91(72)73)87(89)56-88-90(93)97(78)79-53-61(96(7,8)9)52-77-76-54-63(45-49-85(76)102(88)92(77)79)98-80-35-20-18-31-70(80)71-32-19-21-36-81(71)98/h10-56H,1-9H3/i18D,19D,20D,21D,31D,32D,35D,36D. The fourth-order valence-electron chi connectivity index (χ4n) is 17.7. The van der Waals surface area contributed by atoms with E-state index in [-0.39, 0.29) is 68.9 Å². The van der Waals surface area contributed by atoms with E-state index in [4.69, 9.17) is 5.48 Å². The zero-order valence-corrected chi connectivity index (χ0v) is 58.3. The first-order chi connectivity index (χ1) is 52.8. The summed E-state index contributed by atoms with van der Waals surface area (Å²) in [5, 5.41) is 13.3. The SMILES string of the molecule is [2H]c1c([2H])c([2H])c2c(c1[2H])c1c([2H])c([2H])c([2H])c([2H])c1n2-c1ccc2c(c1)c1cc(C(C)(C)C)cc3c1n2-c1cc2c(c4c1B3c1ccc(-n3c5ccc(C(C)(C)C)cc5c5cc(C(C)(C)C)ccc53)cc1N4c1ccc(-c3ccccc3)cc1)c1cccc3c4ccccc4c4ccccc4c4ccccc4n2c31. The largest absolute Gasteiger partial charge is 0.311 e. The zero-order chi connectivity index (χ0) is 75.5. The van der Waals surface area contributed by atoms with Gasteiger partial charge >= 0.3 is 0 Å². The van der Waals surface area contributed by atoms with Gasteiger partial charge in [-0.2, -0.15) is 0 Å². The molecule has 2 aliphatic rings. The molecule has 102 heavy (non-hydrogen) atoms. The summed E-state index contributed by atoms with van der Waals surface area (Å²) in [5.41, 5.74) is 21.7. The van der Waals surface area contributed by atoms with Crippen molar-refractivity contribution in [2.24, 2.45) is 0 Å². The minimum atomic E-state index is -0.482. The maximum absolute atomic E-state index is 9.65. The number of nitrogens with zero attached hydrogens (tertiary/aromatic N) is 5. The highest BCUT2D eigenvalue weighted by atomic mass is 15.2. The van der Waals surface area contributed by atoms with Crippen molar-refractivity contribution in [3.63, 3.8) is 0 Å². The summed E-state index contributed by atoms with van der Waals surface area (Å²) in [4.78, 5) is 2.59. The molecule has 486 valence electrons. The predicted molar refractivity (Wildman–Crippen MR) is 438 cm³/mol. The maximum Gasteiger partial charge on any atom is 0.252 e. The van der Waals surface area contributed by atoms with Crippen molar-refractivity contribution in [2.75, 3.05) is 4.90 Å². The van der Waals surface area contributed by atoms with Crippen molar-refractivity contribution in [1.29, 1.82) is 0 Å². The van der Waals surface area contributed by atoms with Crippen molar-refractivity contribution in [1.82, 2.24) is 18.1 Å². The fourth-order valence-corrected chi connectivity index (χ4v) is 17.7. The Bertz CT molecular complexity index is 7300. The van der Waals surface area contributed by atoms with Crippen LogP contribution < -0.4 is 21.3 Å². The highest BCUT2D eigenvalue weighted by molar-refractivity contribution is 7.00. The number of aromatic nitrogens is 4. The Labute approximate surface area is 604 Å². The van der Waals surface area contributed by atoms with Gasteiger partial charge in [0.25, 0.3) is 6.71 Å². The molecule has 2 aliphatic heterocycles. The van der Waals surface area contributed by atoms with Crippen LogP contribution in [0.1, 0.15) is 90.0 Å². The summed E-state index contributed by atoms with van der Waals surface area (Å²) in [6.07, 6.45) is 0. The van der Waals surface area contributed by atoms with Crippen LogP contribution in [0.2, 0.25) is 0 Å². The molecular weight excluding hydrogens is 1230 g/mol. The number of hydrogen-bond donors (Lipinski definition) is 0. The van der Waals surface area contributed by atoms with Crippen molar-refractivity contribution in [3.05, 3.63) is 302 Å². The van der Waals surface area contributed by atoms with E-state index in [0.29, 0.717) is 5.69 Å². The molecule has 0 bridgehead atoms. The van der Waals surface area contributed by atoms with E-state index >= 15 is 0 Å². The number of benzene rings is 14. The number of anilines is 3. The molecule has 0 fully saturated rings. The Hall–Kier alpha value is -11.9. The molecule has 0 atom stereocenters. The van der Waals surface area contributed by atoms with E-state index in [0.717, 1.165) is 154 Å². The monoisotopic (exact) mass is 1320 g/mol. The molecule has 0 N–H and O–H groups in total. The van der Waals surface area contributed by atoms with Crippen molar-refractivity contribution >= 4 is 165 Å². The lowest BCUT2D eigenvalue weighted by Gasteiger charge is -2.41. The molecule has 5 nitrogen and oxygen atoms in total. The van der Waals surface area contributed by atoms with Gasteiger partial charge in [-0.05, 0) is 179 Å². The van der Waals surface area contributed by atoms with Crippen molar-refractivity contribution < 1.29 is 11.0 Å². The average molecular weight is 1320 g/mol. The van der Waals surface area contributed by atoms with Crippen molar-refractivity contribution in [3.8, 4) is 28.2 Å². The predicted octanol–water partition coefficient (Wildman–Crippen LogP) is 23.7. The van der Waals surface area contributed by atoms with Gasteiger partial charge in [0.2, 0.25) is 0 Å². The molecule has 7 heterocycles. The van der Waals surface area contributed by atoms with Crippen LogP contribution in [0, 0.1) is 0 Å². The average Bonchev–Trinajstić information content (AvgIpc) is 1.46. The first kappa shape index (κ1) is 51.3. The second-order valence-electron chi connectivity index (χ2n) is 31.5. The van der Waals surface area contributed by atoms with E-state index in [1.165, 1.54) is 21.9 Å². The van der Waals surface area contributed by atoms with E-state index in [1.807, 2.05) is 6.07 Å². The number of rotatable bonds is 4. The molecule has 14 aromatic carbocycles. The molecule has 19 aromatic rings. The third kappa shape index (κ3) is 8.23. The van der Waals surface area contributed by atoms with Crippen LogP contribution in [0.15, 0.2) is 285 Å². The van der Waals surface area contributed by atoms with Gasteiger partial charge in [-0.1, -0.05) is 250 Å². The lowest BCUT2D eigenvalue weighted by Crippen LogP contribution is -2.60. The van der Waals surface area contributed by atoms with Gasteiger partial charge in [0, 0.05) is 87.8 Å². The van der Waals surface area contributed by atoms with Crippen LogP contribution in [0.4, 0.5) is 17.1 Å². The van der Waals surface area contributed by atoms with Crippen LogP contribution >= 0.6 is 0 Å². The Morgan fingerprint density at radius 2 is 0.784 bits per heavy atom. The zero-order valence-electron chi connectivity index (χ0n) is 66.3. The van der Waals surface area contributed by atoms with Gasteiger partial charge in [-0.25, -0.2) is 0 Å². The first-order valence-electron chi connectivity index (χ1n) is 39.6. The smallest absolute Gasteiger partial charge is 0.252 e. The summed E-state index contributed by atoms with van der Waals surface area (Å²) >= 11 is 0. The molecule has 0 saturated carbocycles. The second kappa shape index (κ2) is 20.9. The Morgan fingerprint density at radius 1 is 0.294 bits per heavy atom. The molecular formula is C96H74BN5. The molecule has 0 amide bonds. The van der Waals surface area contributed by atoms with E-state index in [2.05, 4.69) is 311 Å². The Morgan fingerprint density at radius 3 is 1.43 bits per heavy atom. The first-order valence-corrected chi connectivity index (χ1v) is 35.6. The van der Waals surface area contributed by atoms with Crippen molar-refractivity contribution in [2.45, 2.75) is 78.6 Å². The van der Waals surface area contributed by atoms with Gasteiger partial charge < -0.3 is 23.0 Å². The third-order valence-electron chi connectivity index (χ3n) is 22.6. The van der Waals surface area contributed by atoms with Crippen LogP contribution in [-0.4, -0.2) is 24.8 Å². The quantitative estimate of drug-likeness (QED) is 0.161. The summed E-state index contributed by atoms with van der Waals surface area (Å²) in [7, 11) is 0.